The minimum atomic E-state index is -3.91. The zero-order chi connectivity index (χ0) is 19.8. The summed E-state index contributed by atoms with van der Waals surface area (Å²) in [5, 5.41) is 0.492. The first-order chi connectivity index (χ1) is 12.6. The van der Waals surface area contributed by atoms with Crippen LogP contribution in [0.4, 0.5) is 0 Å². The Labute approximate surface area is 162 Å². The SMILES string of the molecule is Cc1ccc(-c2cc(S(C)(=O)=O)cc(S(=O)(=O)c3cnc(CN)s3)c2)cc1. The fourth-order valence-corrected chi connectivity index (χ4v) is 5.77. The summed E-state index contributed by atoms with van der Waals surface area (Å²) in [4.78, 5) is 3.84. The van der Waals surface area contributed by atoms with E-state index in [-0.39, 0.29) is 20.5 Å². The number of benzene rings is 2. The molecule has 0 aliphatic rings. The van der Waals surface area contributed by atoms with Gasteiger partial charge in [-0.2, -0.15) is 0 Å². The molecule has 6 nitrogen and oxygen atoms in total. The summed E-state index contributed by atoms with van der Waals surface area (Å²) < 4.78 is 50.3. The molecule has 0 aliphatic heterocycles. The predicted molar refractivity (Wildman–Crippen MR) is 105 cm³/mol. The van der Waals surface area contributed by atoms with Gasteiger partial charge in [0.25, 0.3) is 0 Å². The number of thiazole rings is 1. The number of nitrogens with two attached hydrogens (primary N) is 1. The van der Waals surface area contributed by atoms with Crippen LogP contribution in [0.3, 0.4) is 0 Å². The molecule has 0 saturated carbocycles. The molecular formula is C18H18N2O4S3. The van der Waals surface area contributed by atoms with Crippen LogP contribution in [0.2, 0.25) is 0 Å². The predicted octanol–water partition coefficient (Wildman–Crippen LogP) is 2.81. The molecule has 0 atom stereocenters. The van der Waals surface area contributed by atoms with E-state index in [0.717, 1.165) is 28.7 Å². The fourth-order valence-electron chi connectivity index (χ4n) is 2.48. The van der Waals surface area contributed by atoms with Crippen LogP contribution in [-0.4, -0.2) is 28.1 Å². The number of rotatable bonds is 5. The Morgan fingerprint density at radius 3 is 2.15 bits per heavy atom. The topological polar surface area (TPSA) is 107 Å². The molecule has 0 aliphatic carbocycles. The second kappa shape index (κ2) is 7.16. The lowest BCUT2D eigenvalue weighted by Gasteiger charge is -2.10. The molecular weight excluding hydrogens is 404 g/mol. The van der Waals surface area contributed by atoms with Gasteiger partial charge in [-0.15, -0.1) is 11.3 Å². The molecule has 3 rings (SSSR count). The molecule has 2 aromatic carbocycles. The van der Waals surface area contributed by atoms with E-state index in [1.54, 1.807) is 0 Å². The van der Waals surface area contributed by atoms with E-state index >= 15 is 0 Å². The van der Waals surface area contributed by atoms with Crippen molar-refractivity contribution in [2.24, 2.45) is 5.73 Å². The lowest BCUT2D eigenvalue weighted by atomic mass is 10.0. The van der Waals surface area contributed by atoms with Crippen LogP contribution in [0.5, 0.6) is 0 Å². The van der Waals surface area contributed by atoms with Gasteiger partial charge in [-0.05, 0) is 36.2 Å². The third kappa shape index (κ3) is 4.11. The molecule has 0 radical (unpaired) electrons. The van der Waals surface area contributed by atoms with E-state index in [4.69, 9.17) is 5.73 Å². The number of aryl methyl sites for hydroxylation is 1. The van der Waals surface area contributed by atoms with Crippen molar-refractivity contribution in [1.29, 1.82) is 0 Å². The summed E-state index contributed by atoms with van der Waals surface area (Å²) in [6.45, 7) is 2.07. The van der Waals surface area contributed by atoms with Crippen molar-refractivity contribution < 1.29 is 16.8 Å². The standard InChI is InChI=1S/C18H18N2O4S3/c1-12-3-5-13(6-4-12)14-7-15(26(2,21)22)9-16(8-14)27(23,24)18-11-20-17(10-19)25-18/h3-9,11H,10,19H2,1-2H3. The zero-order valence-corrected chi connectivity index (χ0v) is 17.2. The zero-order valence-electron chi connectivity index (χ0n) is 14.7. The molecule has 3 aromatic rings. The number of nitrogens with zero attached hydrogens (tertiary/aromatic N) is 1. The average molecular weight is 423 g/mol. The van der Waals surface area contributed by atoms with Crippen molar-refractivity contribution in [2.45, 2.75) is 27.5 Å². The first kappa shape index (κ1) is 19.7. The lowest BCUT2D eigenvalue weighted by molar-refractivity contribution is 0.597. The van der Waals surface area contributed by atoms with Gasteiger partial charge >= 0.3 is 0 Å². The second-order valence-electron chi connectivity index (χ2n) is 6.11. The third-order valence-electron chi connectivity index (χ3n) is 3.98. The van der Waals surface area contributed by atoms with Crippen molar-refractivity contribution in [3.8, 4) is 11.1 Å². The Morgan fingerprint density at radius 2 is 1.59 bits per heavy atom. The van der Waals surface area contributed by atoms with E-state index in [1.807, 2.05) is 31.2 Å². The van der Waals surface area contributed by atoms with E-state index in [0.29, 0.717) is 10.6 Å². The Balaban J connectivity index is 2.23. The molecule has 9 heteroatoms. The minimum Gasteiger partial charge on any atom is -0.325 e. The van der Waals surface area contributed by atoms with Crippen LogP contribution in [0, 0.1) is 6.92 Å². The summed E-state index contributed by atoms with van der Waals surface area (Å²) in [6, 6.07) is 11.6. The van der Waals surface area contributed by atoms with Crippen molar-refractivity contribution >= 4 is 31.0 Å². The van der Waals surface area contributed by atoms with Gasteiger partial charge in [0.1, 0.15) is 9.22 Å². The number of aromatic nitrogens is 1. The van der Waals surface area contributed by atoms with E-state index in [9.17, 15) is 16.8 Å². The average Bonchev–Trinajstić information content (AvgIpc) is 3.11. The van der Waals surface area contributed by atoms with Gasteiger partial charge < -0.3 is 5.73 Å². The van der Waals surface area contributed by atoms with E-state index in [2.05, 4.69) is 4.98 Å². The van der Waals surface area contributed by atoms with Gasteiger partial charge in [-0.1, -0.05) is 29.8 Å². The number of sulfone groups is 2. The van der Waals surface area contributed by atoms with Gasteiger partial charge in [0.05, 0.1) is 16.0 Å². The highest BCUT2D eigenvalue weighted by Crippen LogP contribution is 2.32. The van der Waals surface area contributed by atoms with Crippen molar-refractivity contribution in [3.05, 3.63) is 59.2 Å². The van der Waals surface area contributed by atoms with Crippen molar-refractivity contribution in [3.63, 3.8) is 0 Å². The molecule has 2 N–H and O–H groups in total. The molecule has 0 amide bonds. The Morgan fingerprint density at radius 1 is 0.963 bits per heavy atom. The summed E-state index contributed by atoms with van der Waals surface area (Å²) in [6.07, 6.45) is 2.30. The Bertz CT molecular complexity index is 1200. The number of hydrogen-bond acceptors (Lipinski definition) is 7. The quantitative estimate of drug-likeness (QED) is 0.677. The van der Waals surface area contributed by atoms with Gasteiger partial charge in [0.15, 0.2) is 9.84 Å². The molecule has 0 fully saturated rings. The minimum absolute atomic E-state index is 0.0310. The van der Waals surface area contributed by atoms with Crippen LogP contribution >= 0.6 is 11.3 Å². The largest absolute Gasteiger partial charge is 0.325 e. The molecule has 0 saturated heterocycles. The molecule has 0 bridgehead atoms. The maximum Gasteiger partial charge on any atom is 0.217 e. The van der Waals surface area contributed by atoms with Gasteiger partial charge in [0, 0.05) is 12.8 Å². The molecule has 142 valence electrons. The summed E-state index contributed by atoms with van der Waals surface area (Å²) in [5.41, 5.74) is 7.80. The monoisotopic (exact) mass is 422 g/mol. The van der Waals surface area contributed by atoms with Crippen LogP contribution in [-0.2, 0) is 26.2 Å². The molecule has 0 unspecified atom stereocenters. The fraction of sp³-hybridized carbons (Fsp3) is 0.167. The van der Waals surface area contributed by atoms with Gasteiger partial charge in [-0.25, -0.2) is 21.8 Å². The van der Waals surface area contributed by atoms with Crippen LogP contribution in [0.1, 0.15) is 10.6 Å². The van der Waals surface area contributed by atoms with Crippen molar-refractivity contribution in [1.82, 2.24) is 4.98 Å². The van der Waals surface area contributed by atoms with Crippen LogP contribution in [0.15, 0.2) is 62.7 Å². The van der Waals surface area contributed by atoms with Gasteiger partial charge in [0.2, 0.25) is 9.84 Å². The van der Waals surface area contributed by atoms with Crippen LogP contribution < -0.4 is 5.73 Å². The van der Waals surface area contributed by atoms with Gasteiger partial charge in [-0.3, -0.25) is 0 Å². The van der Waals surface area contributed by atoms with Crippen LogP contribution in [0.25, 0.3) is 11.1 Å². The maximum atomic E-state index is 13.0. The summed E-state index contributed by atoms with van der Waals surface area (Å²) in [5.74, 6) is 0. The number of hydrogen-bond donors (Lipinski definition) is 1. The highest BCUT2D eigenvalue weighted by atomic mass is 32.2. The molecule has 1 heterocycles. The van der Waals surface area contributed by atoms with E-state index in [1.165, 1.54) is 24.4 Å². The Kier molecular flexibility index (Phi) is 5.22. The normalized spacial score (nSPS) is 12.3. The lowest BCUT2D eigenvalue weighted by Crippen LogP contribution is -2.04. The molecule has 0 spiro atoms. The smallest absolute Gasteiger partial charge is 0.217 e. The van der Waals surface area contributed by atoms with E-state index < -0.39 is 19.7 Å². The molecule has 27 heavy (non-hydrogen) atoms. The summed E-state index contributed by atoms with van der Waals surface area (Å²) >= 11 is 0.978. The highest BCUT2D eigenvalue weighted by molar-refractivity contribution is 7.93. The second-order valence-corrected chi connectivity index (χ2v) is 11.4. The summed E-state index contributed by atoms with van der Waals surface area (Å²) in [7, 11) is -7.52. The van der Waals surface area contributed by atoms with Crippen molar-refractivity contribution in [2.75, 3.05) is 6.26 Å². The first-order valence-electron chi connectivity index (χ1n) is 7.93. The third-order valence-corrected chi connectivity index (χ3v) is 8.28. The Hall–Kier alpha value is -2.07. The first-order valence-corrected chi connectivity index (χ1v) is 12.1. The highest BCUT2D eigenvalue weighted by Gasteiger charge is 2.24. The maximum absolute atomic E-state index is 13.0. The molecule has 1 aromatic heterocycles.